The minimum absolute atomic E-state index is 0.109. The number of carbonyl (C=O) groups is 1. The molecule has 0 spiro atoms. The van der Waals surface area contributed by atoms with Crippen molar-refractivity contribution >= 4 is 33.2 Å². The predicted octanol–water partition coefficient (Wildman–Crippen LogP) is 5.01. The molecule has 0 aliphatic heterocycles. The van der Waals surface area contributed by atoms with E-state index in [1.807, 2.05) is 53.7 Å². The Balaban J connectivity index is 1.80. The largest absolute Gasteiger partial charge is 0.325 e. The fourth-order valence-electron chi connectivity index (χ4n) is 3.86. The summed E-state index contributed by atoms with van der Waals surface area (Å²) in [4.78, 5) is 13.4. The van der Waals surface area contributed by atoms with E-state index in [0.29, 0.717) is 23.9 Å². The standard InChI is InChI=1S/C25H32N4O3S2/c1-7-21(24(30)26-23-18(5)13-17(4)14-19(23)6)33-25-28-27-22(29(25)8-2)15-34(31,32)20-11-9-16(3)10-12-20/h9-14,21H,7-8,15H2,1-6H3,(H,26,30). The Kier molecular flexibility index (Phi) is 8.20. The topological polar surface area (TPSA) is 93.9 Å². The number of benzene rings is 2. The van der Waals surface area contributed by atoms with E-state index in [1.54, 1.807) is 28.8 Å². The summed E-state index contributed by atoms with van der Waals surface area (Å²) in [6, 6.07) is 10.9. The molecule has 1 aromatic heterocycles. The summed E-state index contributed by atoms with van der Waals surface area (Å²) in [7, 11) is -3.57. The molecule has 1 atom stereocenters. The molecule has 0 fully saturated rings. The summed E-state index contributed by atoms with van der Waals surface area (Å²) in [6.07, 6.45) is 0.591. The average molecular weight is 501 g/mol. The third-order valence-corrected chi connectivity index (χ3v) is 8.62. The SMILES string of the molecule is CCC(Sc1nnc(CS(=O)(=O)c2ccc(C)cc2)n1CC)C(=O)Nc1c(C)cc(C)cc1C. The first-order valence-corrected chi connectivity index (χ1v) is 13.9. The van der Waals surface area contributed by atoms with Gasteiger partial charge in [-0.25, -0.2) is 8.42 Å². The first kappa shape index (κ1) is 26.0. The van der Waals surface area contributed by atoms with Gasteiger partial charge in [-0.2, -0.15) is 0 Å². The van der Waals surface area contributed by atoms with Crippen LogP contribution in [-0.2, 0) is 26.9 Å². The van der Waals surface area contributed by atoms with Gasteiger partial charge in [-0.05, 0) is 64.3 Å². The van der Waals surface area contributed by atoms with Crippen LogP contribution in [0, 0.1) is 27.7 Å². The summed E-state index contributed by atoms with van der Waals surface area (Å²) in [5, 5.41) is 11.6. The summed E-state index contributed by atoms with van der Waals surface area (Å²) < 4.78 is 27.6. The van der Waals surface area contributed by atoms with Crippen LogP contribution < -0.4 is 5.32 Å². The number of hydrogen-bond acceptors (Lipinski definition) is 6. The molecular formula is C25H32N4O3S2. The van der Waals surface area contributed by atoms with Crippen LogP contribution in [0.5, 0.6) is 0 Å². The molecule has 1 heterocycles. The lowest BCUT2D eigenvalue weighted by Gasteiger charge is -2.18. The van der Waals surface area contributed by atoms with Crippen LogP contribution in [0.3, 0.4) is 0 Å². The van der Waals surface area contributed by atoms with Crippen molar-refractivity contribution in [3.8, 4) is 0 Å². The molecule has 0 bridgehead atoms. The van der Waals surface area contributed by atoms with Gasteiger partial charge in [0.2, 0.25) is 5.91 Å². The van der Waals surface area contributed by atoms with Crippen molar-refractivity contribution in [1.82, 2.24) is 14.8 Å². The number of anilines is 1. The van der Waals surface area contributed by atoms with E-state index in [-0.39, 0.29) is 16.6 Å². The molecule has 0 radical (unpaired) electrons. The summed E-state index contributed by atoms with van der Waals surface area (Å²) >= 11 is 1.31. The summed E-state index contributed by atoms with van der Waals surface area (Å²) in [6.45, 7) is 12.3. The lowest BCUT2D eigenvalue weighted by atomic mass is 10.0. The van der Waals surface area contributed by atoms with E-state index in [9.17, 15) is 13.2 Å². The summed E-state index contributed by atoms with van der Waals surface area (Å²) in [5.41, 5.74) is 5.02. The van der Waals surface area contributed by atoms with Crippen LogP contribution in [0.15, 0.2) is 46.5 Å². The Morgan fingerprint density at radius 1 is 1.00 bits per heavy atom. The third kappa shape index (κ3) is 5.88. The molecule has 182 valence electrons. The quantitative estimate of drug-likeness (QED) is 0.415. The van der Waals surface area contributed by atoms with Gasteiger partial charge in [0.05, 0.1) is 10.1 Å². The van der Waals surface area contributed by atoms with Gasteiger partial charge < -0.3 is 9.88 Å². The molecule has 0 saturated heterocycles. The number of rotatable bonds is 9. The molecule has 7 nitrogen and oxygen atoms in total. The lowest BCUT2D eigenvalue weighted by Crippen LogP contribution is -2.26. The number of nitrogens with one attached hydrogen (secondary N) is 1. The summed E-state index contributed by atoms with van der Waals surface area (Å²) in [5.74, 6) is 0.00968. The second-order valence-electron chi connectivity index (χ2n) is 8.49. The fraction of sp³-hybridized carbons (Fsp3) is 0.400. The number of aryl methyl sites for hydroxylation is 4. The zero-order chi connectivity index (χ0) is 25.0. The first-order chi connectivity index (χ1) is 16.1. The molecule has 1 N–H and O–H groups in total. The van der Waals surface area contributed by atoms with Crippen LogP contribution in [0.1, 0.15) is 48.3 Å². The molecule has 0 aliphatic rings. The Morgan fingerprint density at radius 2 is 1.62 bits per heavy atom. The highest BCUT2D eigenvalue weighted by atomic mass is 32.2. The van der Waals surface area contributed by atoms with Gasteiger partial charge in [-0.15, -0.1) is 10.2 Å². The second kappa shape index (κ2) is 10.7. The van der Waals surface area contributed by atoms with Crippen LogP contribution in [-0.4, -0.2) is 34.3 Å². The normalized spacial score (nSPS) is 12.5. The minimum Gasteiger partial charge on any atom is -0.325 e. The first-order valence-electron chi connectivity index (χ1n) is 11.3. The van der Waals surface area contributed by atoms with Gasteiger partial charge in [0.1, 0.15) is 11.6 Å². The van der Waals surface area contributed by atoms with Crippen LogP contribution in [0.2, 0.25) is 0 Å². The third-order valence-electron chi connectivity index (χ3n) is 5.65. The van der Waals surface area contributed by atoms with Crippen molar-refractivity contribution in [2.45, 2.75) is 75.6 Å². The fourth-order valence-corrected chi connectivity index (χ4v) is 6.17. The number of hydrogen-bond donors (Lipinski definition) is 1. The Hall–Kier alpha value is -2.65. The molecule has 3 rings (SSSR count). The van der Waals surface area contributed by atoms with E-state index in [2.05, 4.69) is 15.5 Å². The zero-order valence-corrected chi connectivity index (χ0v) is 22.2. The molecule has 0 aliphatic carbocycles. The minimum atomic E-state index is -3.57. The molecular weight excluding hydrogens is 468 g/mol. The molecule has 1 amide bonds. The lowest BCUT2D eigenvalue weighted by molar-refractivity contribution is -0.115. The highest BCUT2D eigenvalue weighted by Crippen LogP contribution is 2.29. The highest BCUT2D eigenvalue weighted by molar-refractivity contribution is 8.00. The van der Waals surface area contributed by atoms with Crippen molar-refractivity contribution < 1.29 is 13.2 Å². The van der Waals surface area contributed by atoms with Crippen molar-refractivity contribution in [1.29, 1.82) is 0 Å². The second-order valence-corrected chi connectivity index (χ2v) is 11.7. The van der Waals surface area contributed by atoms with E-state index in [0.717, 1.165) is 27.9 Å². The number of thioether (sulfide) groups is 1. The number of nitrogens with zero attached hydrogens (tertiary/aromatic N) is 3. The van der Waals surface area contributed by atoms with Crippen molar-refractivity contribution in [3.63, 3.8) is 0 Å². The van der Waals surface area contributed by atoms with Gasteiger partial charge in [0, 0.05) is 12.2 Å². The number of amides is 1. The van der Waals surface area contributed by atoms with E-state index in [4.69, 9.17) is 0 Å². The van der Waals surface area contributed by atoms with E-state index < -0.39 is 15.1 Å². The Morgan fingerprint density at radius 3 is 2.18 bits per heavy atom. The van der Waals surface area contributed by atoms with E-state index >= 15 is 0 Å². The van der Waals surface area contributed by atoms with Crippen molar-refractivity contribution in [3.05, 3.63) is 64.5 Å². The monoisotopic (exact) mass is 500 g/mol. The number of sulfone groups is 1. The van der Waals surface area contributed by atoms with Gasteiger partial charge in [-0.3, -0.25) is 4.79 Å². The van der Waals surface area contributed by atoms with Gasteiger partial charge in [0.25, 0.3) is 0 Å². The maximum Gasteiger partial charge on any atom is 0.237 e. The number of carbonyl (C=O) groups excluding carboxylic acids is 1. The molecule has 9 heteroatoms. The van der Waals surface area contributed by atoms with Gasteiger partial charge >= 0.3 is 0 Å². The molecule has 1 unspecified atom stereocenters. The zero-order valence-electron chi connectivity index (χ0n) is 20.5. The van der Waals surface area contributed by atoms with Crippen LogP contribution in [0.25, 0.3) is 0 Å². The smallest absolute Gasteiger partial charge is 0.237 e. The number of aromatic nitrogens is 3. The maximum absolute atomic E-state index is 13.1. The molecule has 0 saturated carbocycles. The Labute approximate surface area is 206 Å². The molecule has 3 aromatic rings. The Bertz CT molecular complexity index is 1260. The van der Waals surface area contributed by atoms with Crippen molar-refractivity contribution in [2.24, 2.45) is 0 Å². The van der Waals surface area contributed by atoms with Crippen LogP contribution in [0.4, 0.5) is 5.69 Å². The average Bonchev–Trinajstić information content (AvgIpc) is 3.14. The highest BCUT2D eigenvalue weighted by Gasteiger charge is 2.25. The van der Waals surface area contributed by atoms with Gasteiger partial charge in [-0.1, -0.05) is 54.1 Å². The van der Waals surface area contributed by atoms with Crippen molar-refractivity contribution in [2.75, 3.05) is 5.32 Å². The maximum atomic E-state index is 13.1. The van der Waals surface area contributed by atoms with Gasteiger partial charge in [0.15, 0.2) is 15.0 Å². The molecule has 34 heavy (non-hydrogen) atoms. The van der Waals surface area contributed by atoms with E-state index in [1.165, 1.54) is 11.8 Å². The van der Waals surface area contributed by atoms with Crippen LogP contribution >= 0.6 is 11.8 Å². The predicted molar refractivity (Wildman–Crippen MR) is 137 cm³/mol. The molecule has 2 aromatic carbocycles.